The highest BCUT2D eigenvalue weighted by atomic mass is 32.2. The fourth-order valence-electron chi connectivity index (χ4n) is 1.76. The van der Waals surface area contributed by atoms with Crippen molar-refractivity contribution >= 4 is 29.3 Å². The molecular weight excluding hydrogens is 298 g/mol. The molecule has 0 saturated heterocycles. The Balaban J connectivity index is 1.91. The molecule has 6 nitrogen and oxygen atoms in total. The zero-order chi connectivity index (χ0) is 15.9. The number of nitrogens with zero attached hydrogens (tertiary/aromatic N) is 3. The minimum Gasteiger partial charge on any atom is -0.363 e. The van der Waals surface area contributed by atoms with Crippen molar-refractivity contribution in [3.63, 3.8) is 0 Å². The van der Waals surface area contributed by atoms with Crippen LogP contribution in [0.2, 0.25) is 0 Å². The zero-order valence-electron chi connectivity index (χ0n) is 12.8. The molecule has 2 N–H and O–H groups in total. The van der Waals surface area contributed by atoms with Gasteiger partial charge in [-0.3, -0.25) is 0 Å². The van der Waals surface area contributed by atoms with E-state index < -0.39 is 0 Å². The van der Waals surface area contributed by atoms with Gasteiger partial charge in [-0.25, -0.2) is 14.8 Å². The van der Waals surface area contributed by atoms with Crippen LogP contribution in [0.4, 0.5) is 16.3 Å². The van der Waals surface area contributed by atoms with E-state index in [0.717, 1.165) is 16.4 Å². The Morgan fingerprint density at radius 1 is 1.32 bits per heavy atom. The van der Waals surface area contributed by atoms with Crippen molar-refractivity contribution in [3.05, 3.63) is 42.4 Å². The van der Waals surface area contributed by atoms with E-state index in [2.05, 4.69) is 20.6 Å². The Labute approximate surface area is 134 Å². The van der Waals surface area contributed by atoms with Crippen LogP contribution in [-0.2, 0) is 6.54 Å². The first-order chi connectivity index (χ1) is 10.6. The number of benzene rings is 1. The highest BCUT2D eigenvalue weighted by Gasteiger charge is 2.05. The zero-order valence-corrected chi connectivity index (χ0v) is 13.6. The van der Waals surface area contributed by atoms with Crippen molar-refractivity contribution < 1.29 is 4.79 Å². The van der Waals surface area contributed by atoms with Crippen molar-refractivity contribution in [2.24, 2.45) is 0 Å². The molecule has 7 heteroatoms. The molecule has 0 fully saturated rings. The second kappa shape index (κ2) is 7.65. The number of rotatable bonds is 5. The third kappa shape index (κ3) is 4.63. The first kappa shape index (κ1) is 16.1. The lowest BCUT2D eigenvalue weighted by Crippen LogP contribution is -2.29. The van der Waals surface area contributed by atoms with Gasteiger partial charge in [0.15, 0.2) is 0 Å². The number of nitrogens with one attached hydrogen (secondary N) is 2. The smallest absolute Gasteiger partial charge is 0.319 e. The number of urea groups is 1. The third-order valence-electron chi connectivity index (χ3n) is 2.88. The topological polar surface area (TPSA) is 70.2 Å². The van der Waals surface area contributed by atoms with E-state index in [1.807, 2.05) is 55.6 Å². The van der Waals surface area contributed by atoms with E-state index in [1.54, 1.807) is 18.0 Å². The SMILES string of the molecule is CSc1cccc(NC(=O)NCc2nccc(N(C)C)n2)c1. The number of hydrogen-bond acceptors (Lipinski definition) is 5. The Bertz CT molecular complexity index is 647. The molecule has 0 atom stereocenters. The summed E-state index contributed by atoms with van der Waals surface area (Å²) < 4.78 is 0. The molecule has 116 valence electrons. The molecule has 0 aliphatic heterocycles. The second-order valence-electron chi connectivity index (χ2n) is 4.77. The van der Waals surface area contributed by atoms with Crippen molar-refractivity contribution in [2.45, 2.75) is 11.4 Å². The lowest BCUT2D eigenvalue weighted by atomic mass is 10.3. The van der Waals surface area contributed by atoms with Gasteiger partial charge in [0.25, 0.3) is 0 Å². The molecule has 22 heavy (non-hydrogen) atoms. The van der Waals surface area contributed by atoms with Gasteiger partial charge in [0, 0.05) is 30.9 Å². The first-order valence-electron chi connectivity index (χ1n) is 6.76. The number of carbonyl (C=O) groups is 1. The van der Waals surface area contributed by atoms with Gasteiger partial charge in [0.2, 0.25) is 0 Å². The van der Waals surface area contributed by atoms with Crippen molar-refractivity contribution in [1.82, 2.24) is 15.3 Å². The Hall–Kier alpha value is -2.28. The predicted molar refractivity (Wildman–Crippen MR) is 90.4 cm³/mol. The van der Waals surface area contributed by atoms with E-state index in [1.165, 1.54) is 0 Å². The number of carbonyl (C=O) groups excluding carboxylic acids is 1. The standard InChI is InChI=1S/C15H19N5OS/c1-20(2)14-7-8-16-13(19-14)10-17-15(21)18-11-5-4-6-12(9-11)22-3/h4-9H,10H2,1-3H3,(H2,17,18,21). The molecular formula is C15H19N5OS. The number of anilines is 2. The maximum Gasteiger partial charge on any atom is 0.319 e. The lowest BCUT2D eigenvalue weighted by molar-refractivity contribution is 0.251. The monoisotopic (exact) mass is 317 g/mol. The molecule has 0 unspecified atom stereocenters. The second-order valence-corrected chi connectivity index (χ2v) is 5.64. The van der Waals surface area contributed by atoms with Crippen molar-refractivity contribution in [2.75, 3.05) is 30.6 Å². The largest absolute Gasteiger partial charge is 0.363 e. The van der Waals surface area contributed by atoms with Gasteiger partial charge in [-0.1, -0.05) is 6.07 Å². The van der Waals surface area contributed by atoms with Crippen LogP contribution in [0.5, 0.6) is 0 Å². The predicted octanol–water partition coefficient (Wildman–Crippen LogP) is 2.59. The summed E-state index contributed by atoms with van der Waals surface area (Å²) in [4.78, 5) is 23.4. The minimum atomic E-state index is -0.280. The summed E-state index contributed by atoms with van der Waals surface area (Å²) in [7, 11) is 3.82. The Morgan fingerprint density at radius 2 is 2.14 bits per heavy atom. The molecule has 2 amide bonds. The van der Waals surface area contributed by atoms with Crippen molar-refractivity contribution in [1.29, 1.82) is 0 Å². The van der Waals surface area contributed by atoms with Crippen LogP contribution in [0.1, 0.15) is 5.82 Å². The molecule has 0 spiro atoms. The van der Waals surface area contributed by atoms with Gasteiger partial charge in [-0.2, -0.15) is 0 Å². The molecule has 0 radical (unpaired) electrons. The molecule has 0 aliphatic rings. The summed E-state index contributed by atoms with van der Waals surface area (Å²) in [5.41, 5.74) is 0.757. The van der Waals surface area contributed by atoms with Crippen LogP contribution in [0.25, 0.3) is 0 Å². The van der Waals surface area contributed by atoms with Gasteiger partial charge >= 0.3 is 6.03 Å². The fraction of sp³-hybridized carbons (Fsp3) is 0.267. The molecule has 2 aromatic rings. The Morgan fingerprint density at radius 3 is 2.86 bits per heavy atom. The van der Waals surface area contributed by atoms with E-state index in [0.29, 0.717) is 5.82 Å². The van der Waals surface area contributed by atoms with Crippen LogP contribution < -0.4 is 15.5 Å². The average molecular weight is 317 g/mol. The summed E-state index contributed by atoms with van der Waals surface area (Å²) in [5.74, 6) is 1.37. The normalized spacial score (nSPS) is 10.1. The first-order valence-corrected chi connectivity index (χ1v) is 7.99. The van der Waals surface area contributed by atoms with Crippen LogP contribution in [0, 0.1) is 0 Å². The number of thioether (sulfide) groups is 1. The lowest BCUT2D eigenvalue weighted by Gasteiger charge is -2.12. The fourth-order valence-corrected chi connectivity index (χ4v) is 2.22. The Kier molecular flexibility index (Phi) is 5.60. The number of hydrogen-bond donors (Lipinski definition) is 2. The summed E-state index contributed by atoms with van der Waals surface area (Å²) in [6, 6.07) is 9.21. The van der Waals surface area contributed by atoms with E-state index in [-0.39, 0.29) is 12.6 Å². The third-order valence-corrected chi connectivity index (χ3v) is 3.61. The average Bonchev–Trinajstić information content (AvgIpc) is 2.53. The summed E-state index contributed by atoms with van der Waals surface area (Å²) in [6.07, 6.45) is 3.67. The summed E-state index contributed by atoms with van der Waals surface area (Å²) in [5, 5.41) is 5.55. The minimum absolute atomic E-state index is 0.274. The van der Waals surface area contributed by atoms with Crippen LogP contribution >= 0.6 is 11.8 Å². The number of aromatic nitrogens is 2. The van der Waals surface area contributed by atoms with Gasteiger partial charge in [-0.15, -0.1) is 11.8 Å². The van der Waals surface area contributed by atoms with Gasteiger partial charge in [-0.05, 0) is 30.5 Å². The van der Waals surface area contributed by atoms with Gasteiger partial charge in [0.1, 0.15) is 11.6 Å². The van der Waals surface area contributed by atoms with Crippen LogP contribution in [0.15, 0.2) is 41.4 Å². The molecule has 1 heterocycles. The molecule has 1 aromatic carbocycles. The van der Waals surface area contributed by atoms with Crippen LogP contribution in [0.3, 0.4) is 0 Å². The maximum absolute atomic E-state index is 11.9. The maximum atomic E-state index is 11.9. The highest BCUT2D eigenvalue weighted by molar-refractivity contribution is 7.98. The highest BCUT2D eigenvalue weighted by Crippen LogP contribution is 2.18. The molecule has 2 rings (SSSR count). The van der Waals surface area contributed by atoms with Gasteiger partial charge < -0.3 is 15.5 Å². The summed E-state index contributed by atoms with van der Waals surface area (Å²) >= 11 is 1.63. The van der Waals surface area contributed by atoms with E-state index >= 15 is 0 Å². The molecule has 0 bridgehead atoms. The molecule has 0 saturated carbocycles. The van der Waals surface area contributed by atoms with Crippen LogP contribution in [-0.4, -0.2) is 36.4 Å². The number of amides is 2. The van der Waals surface area contributed by atoms with E-state index in [9.17, 15) is 4.79 Å². The summed E-state index contributed by atoms with van der Waals surface area (Å²) in [6.45, 7) is 0.274. The van der Waals surface area contributed by atoms with E-state index in [4.69, 9.17) is 0 Å². The van der Waals surface area contributed by atoms with Gasteiger partial charge in [0.05, 0.1) is 6.54 Å². The molecule has 1 aromatic heterocycles. The quantitative estimate of drug-likeness (QED) is 0.830. The molecule has 0 aliphatic carbocycles. The van der Waals surface area contributed by atoms with Crippen molar-refractivity contribution in [3.8, 4) is 0 Å².